The predicted molar refractivity (Wildman–Crippen MR) is 86.2 cm³/mol. The summed E-state index contributed by atoms with van der Waals surface area (Å²) in [6, 6.07) is 7.86. The third-order valence-corrected chi connectivity index (χ3v) is 3.61. The second-order valence-corrected chi connectivity index (χ2v) is 5.24. The van der Waals surface area contributed by atoms with Crippen LogP contribution in [0.15, 0.2) is 24.3 Å². The number of amides is 2. The Morgan fingerprint density at radius 3 is 2.55 bits per heavy atom. The maximum atomic E-state index is 12.0. The fraction of sp³-hybridized carbons (Fsp3) is 0.500. The van der Waals surface area contributed by atoms with Crippen LogP contribution in [0.4, 0.5) is 11.4 Å². The summed E-state index contributed by atoms with van der Waals surface area (Å²) in [6.07, 6.45) is 0. The quantitative estimate of drug-likeness (QED) is 0.882. The minimum atomic E-state index is -0.0926. The normalized spacial score (nSPS) is 14.5. The monoisotopic (exact) mass is 305 g/mol. The van der Waals surface area contributed by atoms with Crippen LogP contribution >= 0.6 is 0 Å². The van der Waals surface area contributed by atoms with Crippen molar-refractivity contribution in [3.8, 4) is 0 Å². The van der Waals surface area contributed by atoms with Crippen LogP contribution in [0.2, 0.25) is 0 Å². The number of carbonyl (C=O) groups is 2. The Labute approximate surface area is 131 Å². The van der Waals surface area contributed by atoms with Crippen molar-refractivity contribution in [1.29, 1.82) is 0 Å². The maximum Gasteiger partial charge on any atom is 0.223 e. The molecule has 0 bridgehead atoms. The topological polar surface area (TPSA) is 61.9 Å². The average Bonchev–Trinajstić information content (AvgIpc) is 2.52. The molecule has 2 amide bonds. The van der Waals surface area contributed by atoms with E-state index in [-0.39, 0.29) is 11.8 Å². The molecule has 1 aromatic carbocycles. The van der Waals surface area contributed by atoms with Gasteiger partial charge in [0.1, 0.15) is 0 Å². The van der Waals surface area contributed by atoms with Gasteiger partial charge >= 0.3 is 0 Å². The third kappa shape index (κ3) is 4.21. The van der Waals surface area contributed by atoms with E-state index in [2.05, 4.69) is 10.2 Å². The zero-order valence-electron chi connectivity index (χ0n) is 13.2. The van der Waals surface area contributed by atoms with E-state index in [0.29, 0.717) is 26.3 Å². The lowest BCUT2D eigenvalue weighted by molar-refractivity contribution is -0.119. The molecule has 1 heterocycles. The molecule has 120 valence electrons. The molecule has 1 fully saturated rings. The number of benzene rings is 1. The van der Waals surface area contributed by atoms with Gasteiger partial charge in [-0.05, 0) is 12.1 Å². The number of hydrogen-bond acceptors (Lipinski definition) is 4. The summed E-state index contributed by atoms with van der Waals surface area (Å²) in [5.74, 6) is -0.129. The fourth-order valence-electron chi connectivity index (χ4n) is 2.56. The molecule has 1 N–H and O–H groups in total. The van der Waals surface area contributed by atoms with Crippen LogP contribution in [-0.2, 0) is 14.3 Å². The van der Waals surface area contributed by atoms with E-state index in [4.69, 9.17) is 4.74 Å². The number of rotatable bonds is 5. The molecule has 22 heavy (non-hydrogen) atoms. The number of ether oxygens (including phenoxy) is 1. The first-order valence-electron chi connectivity index (χ1n) is 7.54. The molecule has 2 rings (SSSR count). The smallest absolute Gasteiger partial charge is 0.223 e. The van der Waals surface area contributed by atoms with Gasteiger partial charge in [0, 0.05) is 40.0 Å². The largest absolute Gasteiger partial charge is 0.378 e. The van der Waals surface area contributed by atoms with E-state index in [0.717, 1.165) is 24.5 Å². The Balaban J connectivity index is 2.19. The highest BCUT2D eigenvalue weighted by molar-refractivity contribution is 5.95. The molecule has 1 aromatic rings. The van der Waals surface area contributed by atoms with Crippen molar-refractivity contribution in [2.75, 3.05) is 49.2 Å². The molecule has 0 unspecified atom stereocenters. The lowest BCUT2D eigenvalue weighted by Crippen LogP contribution is -2.40. The van der Waals surface area contributed by atoms with Crippen LogP contribution in [0.1, 0.15) is 13.8 Å². The molecule has 0 radical (unpaired) electrons. The molecule has 6 heteroatoms. The van der Waals surface area contributed by atoms with E-state index < -0.39 is 0 Å². The minimum Gasteiger partial charge on any atom is -0.378 e. The van der Waals surface area contributed by atoms with Gasteiger partial charge in [-0.2, -0.15) is 0 Å². The summed E-state index contributed by atoms with van der Waals surface area (Å²) in [7, 11) is 0. The van der Waals surface area contributed by atoms with Crippen LogP contribution in [0.5, 0.6) is 0 Å². The van der Waals surface area contributed by atoms with Crippen molar-refractivity contribution in [1.82, 2.24) is 5.32 Å². The van der Waals surface area contributed by atoms with Gasteiger partial charge in [0.15, 0.2) is 0 Å². The molecule has 0 saturated carbocycles. The highest BCUT2D eigenvalue weighted by Gasteiger charge is 2.20. The van der Waals surface area contributed by atoms with Crippen molar-refractivity contribution in [3.05, 3.63) is 24.3 Å². The Bertz CT molecular complexity index is 527. The van der Waals surface area contributed by atoms with Crippen molar-refractivity contribution in [2.45, 2.75) is 13.8 Å². The van der Waals surface area contributed by atoms with Gasteiger partial charge in [-0.1, -0.05) is 12.1 Å². The molecular formula is C16H23N3O3. The Hall–Kier alpha value is -2.08. The second kappa shape index (κ2) is 7.79. The number of para-hydroxylation sites is 2. The lowest BCUT2D eigenvalue weighted by Gasteiger charge is -2.33. The number of hydrogen-bond donors (Lipinski definition) is 1. The lowest BCUT2D eigenvalue weighted by atomic mass is 10.2. The molecule has 0 aromatic heterocycles. The summed E-state index contributed by atoms with van der Waals surface area (Å²) < 4.78 is 5.39. The Morgan fingerprint density at radius 2 is 1.91 bits per heavy atom. The number of anilines is 2. The van der Waals surface area contributed by atoms with Gasteiger partial charge in [0.05, 0.1) is 24.6 Å². The summed E-state index contributed by atoms with van der Waals surface area (Å²) in [5.41, 5.74) is 1.91. The molecule has 1 aliphatic heterocycles. The molecule has 0 atom stereocenters. The van der Waals surface area contributed by atoms with Crippen molar-refractivity contribution in [3.63, 3.8) is 0 Å². The standard InChI is InChI=1S/C16H23N3O3/c1-13(20)17-7-8-19(14(2)21)16-6-4-3-5-15(16)18-9-11-22-12-10-18/h3-6H,7-12H2,1-2H3,(H,17,20). The van der Waals surface area contributed by atoms with Crippen LogP contribution in [0.3, 0.4) is 0 Å². The van der Waals surface area contributed by atoms with Crippen LogP contribution in [0, 0.1) is 0 Å². The fourth-order valence-corrected chi connectivity index (χ4v) is 2.56. The van der Waals surface area contributed by atoms with E-state index >= 15 is 0 Å². The van der Waals surface area contributed by atoms with E-state index in [1.165, 1.54) is 6.92 Å². The molecular weight excluding hydrogens is 282 g/mol. The zero-order valence-corrected chi connectivity index (χ0v) is 13.2. The first-order chi connectivity index (χ1) is 10.6. The SMILES string of the molecule is CC(=O)NCCN(C(C)=O)c1ccccc1N1CCOCC1. The summed E-state index contributed by atoms with van der Waals surface area (Å²) >= 11 is 0. The number of carbonyl (C=O) groups excluding carboxylic acids is 2. The molecule has 1 saturated heterocycles. The highest BCUT2D eigenvalue weighted by atomic mass is 16.5. The van der Waals surface area contributed by atoms with Crippen LogP contribution < -0.4 is 15.1 Å². The van der Waals surface area contributed by atoms with Crippen molar-refractivity contribution >= 4 is 23.2 Å². The van der Waals surface area contributed by atoms with Crippen LogP contribution in [-0.4, -0.2) is 51.2 Å². The molecule has 6 nitrogen and oxygen atoms in total. The molecule has 1 aliphatic rings. The van der Waals surface area contributed by atoms with Crippen molar-refractivity contribution in [2.24, 2.45) is 0 Å². The van der Waals surface area contributed by atoms with Gasteiger partial charge in [-0.15, -0.1) is 0 Å². The third-order valence-electron chi connectivity index (χ3n) is 3.61. The van der Waals surface area contributed by atoms with E-state index in [9.17, 15) is 9.59 Å². The molecule has 0 aliphatic carbocycles. The minimum absolute atomic E-state index is 0.0361. The summed E-state index contributed by atoms with van der Waals surface area (Å²) in [6.45, 7) is 6.93. The predicted octanol–water partition coefficient (Wildman–Crippen LogP) is 1.01. The van der Waals surface area contributed by atoms with E-state index in [1.807, 2.05) is 24.3 Å². The van der Waals surface area contributed by atoms with Gasteiger partial charge in [0.25, 0.3) is 0 Å². The zero-order chi connectivity index (χ0) is 15.9. The van der Waals surface area contributed by atoms with E-state index in [1.54, 1.807) is 11.8 Å². The summed E-state index contributed by atoms with van der Waals surface area (Å²) in [4.78, 5) is 27.0. The molecule has 0 spiro atoms. The first kappa shape index (κ1) is 16.3. The summed E-state index contributed by atoms with van der Waals surface area (Å²) in [5, 5.41) is 2.73. The van der Waals surface area contributed by atoms with Crippen molar-refractivity contribution < 1.29 is 14.3 Å². The van der Waals surface area contributed by atoms with Gasteiger partial charge < -0.3 is 19.9 Å². The van der Waals surface area contributed by atoms with Gasteiger partial charge in [-0.25, -0.2) is 0 Å². The Kier molecular flexibility index (Phi) is 5.77. The van der Waals surface area contributed by atoms with Gasteiger partial charge in [-0.3, -0.25) is 9.59 Å². The maximum absolute atomic E-state index is 12.0. The Morgan fingerprint density at radius 1 is 1.23 bits per heavy atom. The van der Waals surface area contributed by atoms with Crippen LogP contribution in [0.25, 0.3) is 0 Å². The number of nitrogens with zero attached hydrogens (tertiary/aromatic N) is 2. The average molecular weight is 305 g/mol. The first-order valence-corrected chi connectivity index (χ1v) is 7.54. The van der Waals surface area contributed by atoms with Gasteiger partial charge in [0.2, 0.25) is 11.8 Å². The number of morpholine rings is 1. The number of nitrogens with one attached hydrogen (secondary N) is 1. The highest BCUT2D eigenvalue weighted by Crippen LogP contribution is 2.29. The second-order valence-electron chi connectivity index (χ2n) is 5.24.